The molecule has 1 unspecified atom stereocenters. The van der Waals surface area contributed by atoms with Gasteiger partial charge in [0.15, 0.2) is 11.5 Å². The Balaban J connectivity index is 1.11. The summed E-state index contributed by atoms with van der Waals surface area (Å²) in [5, 5.41) is 3.63. The lowest BCUT2D eigenvalue weighted by Crippen LogP contribution is -2.43. The van der Waals surface area contributed by atoms with Crippen molar-refractivity contribution in [3.8, 4) is 11.5 Å². The molecule has 4 nitrogen and oxygen atoms in total. The molecule has 0 radical (unpaired) electrons. The van der Waals surface area contributed by atoms with Crippen LogP contribution >= 0.6 is 0 Å². The van der Waals surface area contributed by atoms with E-state index in [0.717, 1.165) is 36.4 Å². The van der Waals surface area contributed by atoms with Gasteiger partial charge in [-0.1, -0.05) is 31.4 Å². The van der Waals surface area contributed by atoms with E-state index in [1.165, 1.54) is 64.6 Å². The first-order valence-electron chi connectivity index (χ1n) is 10.7. The average Bonchev–Trinajstić information content (AvgIpc) is 2.70. The number of nitrogens with zero attached hydrogens (tertiary/aromatic N) is 1. The van der Waals surface area contributed by atoms with Crippen LogP contribution in [0.5, 0.6) is 11.5 Å². The second kappa shape index (κ2) is 9.09. The first-order chi connectivity index (χ1) is 12.9. The van der Waals surface area contributed by atoms with Gasteiger partial charge in [-0.05, 0) is 69.3 Å². The SMILES string of the molecule is c1ccc2c(c1)OCC(CNCC1CCN(CC3CCCCC3)CC1)O2. The number of hydrogen-bond acceptors (Lipinski definition) is 4. The van der Waals surface area contributed by atoms with E-state index in [4.69, 9.17) is 9.47 Å². The first-order valence-corrected chi connectivity index (χ1v) is 10.7. The molecule has 2 aliphatic heterocycles. The van der Waals surface area contributed by atoms with Crippen LogP contribution < -0.4 is 14.8 Å². The van der Waals surface area contributed by atoms with Gasteiger partial charge in [-0.2, -0.15) is 0 Å². The number of nitrogens with one attached hydrogen (secondary N) is 1. The standard InChI is InChI=1S/C22H34N2O2/c1-2-6-19(7-3-1)16-24-12-10-18(11-13-24)14-23-15-20-17-25-21-8-4-5-9-22(21)26-20/h4-5,8-9,18-20,23H,1-3,6-7,10-17H2. The van der Waals surface area contributed by atoms with E-state index in [-0.39, 0.29) is 6.10 Å². The lowest BCUT2D eigenvalue weighted by molar-refractivity contribution is 0.0876. The molecule has 0 amide bonds. The van der Waals surface area contributed by atoms with Crippen molar-refractivity contribution < 1.29 is 9.47 Å². The molecule has 1 saturated heterocycles. The lowest BCUT2D eigenvalue weighted by Gasteiger charge is -2.35. The molecular formula is C22H34N2O2. The molecule has 4 rings (SSSR count). The van der Waals surface area contributed by atoms with Gasteiger partial charge in [0.05, 0.1) is 0 Å². The Morgan fingerprint density at radius 3 is 2.46 bits per heavy atom. The molecule has 0 bridgehead atoms. The topological polar surface area (TPSA) is 33.7 Å². The van der Waals surface area contributed by atoms with Gasteiger partial charge in [0.1, 0.15) is 12.7 Å². The van der Waals surface area contributed by atoms with E-state index >= 15 is 0 Å². The van der Waals surface area contributed by atoms with Crippen LogP contribution in [-0.4, -0.2) is 50.3 Å². The van der Waals surface area contributed by atoms with Crippen molar-refractivity contribution in [3.63, 3.8) is 0 Å². The quantitative estimate of drug-likeness (QED) is 0.841. The summed E-state index contributed by atoms with van der Waals surface area (Å²) in [6, 6.07) is 7.95. The Morgan fingerprint density at radius 1 is 0.885 bits per heavy atom. The minimum Gasteiger partial charge on any atom is -0.486 e. The Kier molecular flexibility index (Phi) is 6.34. The third-order valence-corrected chi connectivity index (χ3v) is 6.32. The molecule has 0 spiro atoms. The Bertz CT molecular complexity index is 551. The number of para-hydroxylation sites is 2. The van der Waals surface area contributed by atoms with E-state index in [0.29, 0.717) is 6.61 Å². The maximum Gasteiger partial charge on any atom is 0.161 e. The van der Waals surface area contributed by atoms with E-state index in [2.05, 4.69) is 10.2 Å². The number of fused-ring (bicyclic) bond motifs is 1. The largest absolute Gasteiger partial charge is 0.486 e. The van der Waals surface area contributed by atoms with Crippen LogP contribution in [0.25, 0.3) is 0 Å². The lowest BCUT2D eigenvalue weighted by atomic mass is 9.88. The normalized spacial score (nSPS) is 25.3. The summed E-state index contributed by atoms with van der Waals surface area (Å²) < 4.78 is 11.8. The highest BCUT2D eigenvalue weighted by molar-refractivity contribution is 5.40. The molecule has 1 aromatic carbocycles. The fourth-order valence-corrected chi connectivity index (χ4v) is 4.72. The van der Waals surface area contributed by atoms with Gasteiger partial charge >= 0.3 is 0 Å². The van der Waals surface area contributed by atoms with Crippen LogP contribution in [0.15, 0.2) is 24.3 Å². The maximum atomic E-state index is 6.03. The van der Waals surface area contributed by atoms with Gasteiger partial charge in [0.25, 0.3) is 0 Å². The van der Waals surface area contributed by atoms with E-state index in [1.807, 2.05) is 24.3 Å². The van der Waals surface area contributed by atoms with Crippen molar-refractivity contribution in [3.05, 3.63) is 24.3 Å². The Morgan fingerprint density at radius 2 is 1.65 bits per heavy atom. The van der Waals surface area contributed by atoms with Crippen LogP contribution in [0, 0.1) is 11.8 Å². The van der Waals surface area contributed by atoms with Crippen molar-refractivity contribution >= 4 is 0 Å². The molecule has 1 atom stereocenters. The molecule has 1 aliphatic carbocycles. The molecule has 1 aromatic rings. The third kappa shape index (κ3) is 4.92. The number of rotatable bonds is 6. The number of piperidine rings is 1. The van der Waals surface area contributed by atoms with Gasteiger partial charge in [-0.15, -0.1) is 0 Å². The van der Waals surface area contributed by atoms with Crippen LogP contribution in [0.3, 0.4) is 0 Å². The van der Waals surface area contributed by atoms with E-state index in [1.54, 1.807) is 0 Å². The second-order valence-electron chi connectivity index (χ2n) is 8.40. The van der Waals surface area contributed by atoms with Gasteiger partial charge in [-0.25, -0.2) is 0 Å². The molecule has 1 saturated carbocycles. The molecule has 144 valence electrons. The Hall–Kier alpha value is -1.26. The van der Waals surface area contributed by atoms with Crippen LogP contribution in [0.2, 0.25) is 0 Å². The summed E-state index contributed by atoms with van der Waals surface area (Å²) >= 11 is 0. The van der Waals surface area contributed by atoms with Crippen LogP contribution in [0.1, 0.15) is 44.9 Å². The zero-order chi connectivity index (χ0) is 17.6. The smallest absolute Gasteiger partial charge is 0.161 e. The predicted molar refractivity (Wildman–Crippen MR) is 105 cm³/mol. The van der Waals surface area contributed by atoms with Gasteiger partial charge in [-0.3, -0.25) is 0 Å². The molecule has 2 heterocycles. The monoisotopic (exact) mass is 358 g/mol. The fraction of sp³-hybridized carbons (Fsp3) is 0.727. The maximum absolute atomic E-state index is 6.03. The van der Waals surface area contributed by atoms with Gasteiger partial charge < -0.3 is 19.7 Å². The molecule has 3 aliphatic rings. The molecule has 2 fully saturated rings. The van der Waals surface area contributed by atoms with Gasteiger partial charge in [0, 0.05) is 13.1 Å². The Labute approximate surface area is 158 Å². The highest BCUT2D eigenvalue weighted by atomic mass is 16.6. The fourth-order valence-electron chi connectivity index (χ4n) is 4.72. The van der Waals surface area contributed by atoms with Gasteiger partial charge in [0.2, 0.25) is 0 Å². The zero-order valence-electron chi connectivity index (χ0n) is 16.0. The van der Waals surface area contributed by atoms with Crippen molar-refractivity contribution in [1.82, 2.24) is 10.2 Å². The minimum atomic E-state index is 0.122. The highest BCUT2D eigenvalue weighted by Gasteiger charge is 2.24. The molecule has 1 N–H and O–H groups in total. The van der Waals surface area contributed by atoms with Crippen molar-refractivity contribution in [2.24, 2.45) is 11.8 Å². The highest BCUT2D eigenvalue weighted by Crippen LogP contribution is 2.30. The summed E-state index contributed by atoms with van der Waals surface area (Å²) in [5.41, 5.74) is 0. The summed E-state index contributed by atoms with van der Waals surface area (Å²) in [6.45, 7) is 6.56. The number of hydrogen-bond donors (Lipinski definition) is 1. The second-order valence-corrected chi connectivity index (χ2v) is 8.40. The van der Waals surface area contributed by atoms with Crippen molar-refractivity contribution in [2.45, 2.75) is 51.0 Å². The van der Waals surface area contributed by atoms with Crippen molar-refractivity contribution in [2.75, 3.05) is 39.3 Å². The summed E-state index contributed by atoms with van der Waals surface area (Å²) in [7, 11) is 0. The van der Waals surface area contributed by atoms with Crippen molar-refractivity contribution in [1.29, 1.82) is 0 Å². The third-order valence-electron chi connectivity index (χ3n) is 6.32. The van der Waals surface area contributed by atoms with Crippen LogP contribution in [-0.2, 0) is 0 Å². The molecule has 26 heavy (non-hydrogen) atoms. The van der Waals surface area contributed by atoms with E-state index in [9.17, 15) is 0 Å². The summed E-state index contributed by atoms with van der Waals surface area (Å²) in [6.07, 6.45) is 10.1. The first kappa shape index (κ1) is 18.1. The predicted octanol–water partition coefficient (Wildman–Crippen LogP) is 3.71. The van der Waals surface area contributed by atoms with Crippen LogP contribution in [0.4, 0.5) is 0 Å². The van der Waals surface area contributed by atoms with E-state index < -0.39 is 0 Å². The molecular weight excluding hydrogens is 324 g/mol. The summed E-state index contributed by atoms with van der Waals surface area (Å²) in [4.78, 5) is 2.72. The minimum absolute atomic E-state index is 0.122. The number of ether oxygens (including phenoxy) is 2. The number of likely N-dealkylation sites (tertiary alicyclic amines) is 1. The molecule has 0 aromatic heterocycles. The average molecular weight is 359 g/mol. The summed E-state index contributed by atoms with van der Waals surface area (Å²) in [5.74, 6) is 3.54. The molecule has 4 heteroatoms. The number of benzene rings is 1. The zero-order valence-corrected chi connectivity index (χ0v) is 16.0.